The molecule has 2 aliphatic rings. The van der Waals surface area contributed by atoms with Gasteiger partial charge in [-0.05, 0) is 52.0 Å². The summed E-state index contributed by atoms with van der Waals surface area (Å²) in [6.07, 6.45) is 4.17. The van der Waals surface area contributed by atoms with E-state index in [-0.39, 0.29) is 18.3 Å². The van der Waals surface area contributed by atoms with E-state index in [4.69, 9.17) is 20.9 Å². The second kappa shape index (κ2) is 4.21. The van der Waals surface area contributed by atoms with Crippen LogP contribution in [0.25, 0.3) is 0 Å². The van der Waals surface area contributed by atoms with Crippen LogP contribution in [-0.4, -0.2) is 23.3 Å². The Morgan fingerprint density at radius 2 is 1.79 bits per heavy atom. The summed E-state index contributed by atoms with van der Waals surface area (Å²) in [4.78, 5) is 4.29. The monoisotopic (exact) mass is 279 g/mol. The predicted octanol–water partition coefficient (Wildman–Crippen LogP) is 2.91. The average molecular weight is 280 g/mol. The summed E-state index contributed by atoms with van der Waals surface area (Å²) in [6.45, 7) is 8.21. The van der Waals surface area contributed by atoms with E-state index in [9.17, 15) is 0 Å². The highest BCUT2D eigenvalue weighted by atomic mass is 35.5. The molecule has 1 aromatic rings. The summed E-state index contributed by atoms with van der Waals surface area (Å²) in [6, 6.07) is 2.09. The minimum absolute atomic E-state index is 0.322. The van der Waals surface area contributed by atoms with Gasteiger partial charge in [0.25, 0.3) is 0 Å². The maximum atomic E-state index is 6.16. The normalized spacial score (nSPS) is 24.8. The van der Waals surface area contributed by atoms with Crippen molar-refractivity contribution in [2.75, 3.05) is 0 Å². The van der Waals surface area contributed by atoms with Gasteiger partial charge in [0.05, 0.1) is 11.2 Å². The number of nitrogens with zero attached hydrogens (tertiary/aromatic N) is 1. The van der Waals surface area contributed by atoms with E-state index >= 15 is 0 Å². The SMILES string of the molecule is CC1(C)OB(c2cnc(Cl)c(C3CC3)c2)OC1(C)C. The molecule has 0 N–H and O–H groups in total. The van der Waals surface area contributed by atoms with Crippen molar-refractivity contribution in [1.29, 1.82) is 0 Å². The molecule has 19 heavy (non-hydrogen) atoms. The molecule has 1 aliphatic carbocycles. The first-order valence-corrected chi connectivity index (χ1v) is 7.19. The molecule has 0 amide bonds. The van der Waals surface area contributed by atoms with Crippen LogP contribution in [-0.2, 0) is 9.31 Å². The molecule has 3 nitrogen and oxygen atoms in total. The first kappa shape index (κ1) is 13.4. The number of halogens is 1. The highest BCUT2D eigenvalue weighted by molar-refractivity contribution is 6.62. The summed E-state index contributed by atoms with van der Waals surface area (Å²) in [5, 5.41) is 0.614. The third kappa shape index (κ3) is 2.30. The Hall–Kier alpha value is -0.575. The van der Waals surface area contributed by atoms with E-state index in [0.29, 0.717) is 11.1 Å². The fourth-order valence-corrected chi connectivity index (χ4v) is 2.53. The van der Waals surface area contributed by atoms with Gasteiger partial charge in [-0.2, -0.15) is 0 Å². The van der Waals surface area contributed by atoms with E-state index in [1.165, 1.54) is 12.8 Å². The van der Waals surface area contributed by atoms with E-state index in [1.807, 2.05) is 0 Å². The number of pyridine rings is 1. The zero-order chi connectivity index (χ0) is 13.8. The van der Waals surface area contributed by atoms with Crippen LogP contribution >= 0.6 is 11.6 Å². The van der Waals surface area contributed by atoms with Crippen molar-refractivity contribution in [2.45, 2.75) is 57.7 Å². The summed E-state index contributed by atoms with van der Waals surface area (Å²) >= 11 is 6.16. The summed E-state index contributed by atoms with van der Waals surface area (Å²) in [5.41, 5.74) is 1.45. The van der Waals surface area contributed by atoms with Crippen molar-refractivity contribution in [1.82, 2.24) is 4.98 Å². The van der Waals surface area contributed by atoms with Crippen LogP contribution in [0.4, 0.5) is 0 Å². The van der Waals surface area contributed by atoms with Gasteiger partial charge in [-0.15, -0.1) is 0 Å². The number of hydrogen-bond donors (Lipinski definition) is 0. The fourth-order valence-electron chi connectivity index (χ4n) is 2.27. The lowest BCUT2D eigenvalue weighted by Crippen LogP contribution is -2.41. The first-order chi connectivity index (χ1) is 8.80. The van der Waals surface area contributed by atoms with Crippen LogP contribution in [0.1, 0.15) is 52.0 Å². The van der Waals surface area contributed by atoms with Gasteiger partial charge in [-0.25, -0.2) is 4.98 Å². The second-order valence-electron chi connectivity index (χ2n) is 6.51. The second-order valence-corrected chi connectivity index (χ2v) is 6.87. The molecular weight excluding hydrogens is 260 g/mol. The average Bonchev–Trinajstić information content (AvgIpc) is 3.08. The largest absolute Gasteiger partial charge is 0.496 e. The third-order valence-corrected chi connectivity index (χ3v) is 4.75. The lowest BCUT2D eigenvalue weighted by atomic mass is 9.79. The third-order valence-electron chi connectivity index (χ3n) is 4.43. The van der Waals surface area contributed by atoms with Crippen molar-refractivity contribution in [3.05, 3.63) is 23.0 Å². The van der Waals surface area contributed by atoms with E-state index in [1.54, 1.807) is 6.20 Å². The topological polar surface area (TPSA) is 31.4 Å². The Kier molecular flexibility index (Phi) is 2.97. The molecule has 0 bridgehead atoms. The Labute approximate surface area is 119 Å². The summed E-state index contributed by atoms with van der Waals surface area (Å²) in [5.74, 6) is 0.572. The zero-order valence-electron chi connectivity index (χ0n) is 11.9. The molecule has 0 spiro atoms. The number of rotatable bonds is 2. The van der Waals surface area contributed by atoms with Gasteiger partial charge >= 0.3 is 7.12 Å². The maximum Gasteiger partial charge on any atom is 0.496 e. The minimum Gasteiger partial charge on any atom is -0.399 e. The molecule has 3 rings (SSSR count). The molecule has 1 aromatic heterocycles. The maximum absolute atomic E-state index is 6.16. The quantitative estimate of drug-likeness (QED) is 0.616. The molecule has 1 saturated carbocycles. The molecule has 102 valence electrons. The van der Waals surface area contributed by atoms with Gasteiger partial charge in [0.15, 0.2) is 0 Å². The highest BCUT2D eigenvalue weighted by Crippen LogP contribution is 2.42. The highest BCUT2D eigenvalue weighted by Gasteiger charge is 2.52. The zero-order valence-corrected chi connectivity index (χ0v) is 12.6. The van der Waals surface area contributed by atoms with E-state index in [2.05, 4.69) is 38.7 Å². The Morgan fingerprint density at radius 3 is 2.32 bits per heavy atom. The lowest BCUT2D eigenvalue weighted by molar-refractivity contribution is 0.00578. The Balaban J connectivity index is 1.90. The minimum atomic E-state index is -0.354. The van der Waals surface area contributed by atoms with Crippen molar-refractivity contribution < 1.29 is 9.31 Å². The predicted molar refractivity (Wildman–Crippen MR) is 76.9 cm³/mol. The summed E-state index contributed by atoms with van der Waals surface area (Å²) < 4.78 is 12.1. The molecule has 2 heterocycles. The molecule has 2 fully saturated rings. The molecule has 0 atom stereocenters. The van der Waals surface area contributed by atoms with E-state index < -0.39 is 0 Å². The molecule has 0 unspecified atom stereocenters. The van der Waals surface area contributed by atoms with Crippen molar-refractivity contribution in [2.24, 2.45) is 0 Å². The van der Waals surface area contributed by atoms with Gasteiger partial charge in [0.2, 0.25) is 0 Å². The molecule has 0 aromatic carbocycles. The van der Waals surface area contributed by atoms with Crippen LogP contribution in [0.15, 0.2) is 12.3 Å². The first-order valence-electron chi connectivity index (χ1n) is 6.81. The van der Waals surface area contributed by atoms with Gasteiger partial charge < -0.3 is 9.31 Å². The molecule has 0 radical (unpaired) electrons. The van der Waals surface area contributed by atoms with Crippen LogP contribution in [0.2, 0.25) is 5.15 Å². The molecular formula is C14H19BClNO2. The van der Waals surface area contributed by atoms with Crippen LogP contribution in [0, 0.1) is 0 Å². The number of aromatic nitrogens is 1. The standard InChI is InChI=1S/C14H19BClNO2/c1-13(2)14(3,4)19-15(18-13)10-7-11(9-5-6-9)12(16)17-8-10/h7-9H,5-6H2,1-4H3. The van der Waals surface area contributed by atoms with Gasteiger partial charge in [0, 0.05) is 11.7 Å². The van der Waals surface area contributed by atoms with Crippen molar-refractivity contribution >= 4 is 24.2 Å². The van der Waals surface area contributed by atoms with Gasteiger partial charge in [-0.1, -0.05) is 17.7 Å². The molecule has 5 heteroatoms. The van der Waals surface area contributed by atoms with Crippen LogP contribution in [0.3, 0.4) is 0 Å². The van der Waals surface area contributed by atoms with Gasteiger partial charge in [-0.3, -0.25) is 0 Å². The van der Waals surface area contributed by atoms with E-state index in [0.717, 1.165) is 11.0 Å². The summed E-state index contributed by atoms with van der Waals surface area (Å²) in [7, 11) is -0.354. The molecule has 1 aliphatic heterocycles. The van der Waals surface area contributed by atoms with Crippen molar-refractivity contribution in [3.63, 3.8) is 0 Å². The molecule has 1 saturated heterocycles. The fraction of sp³-hybridized carbons (Fsp3) is 0.643. The van der Waals surface area contributed by atoms with Crippen molar-refractivity contribution in [3.8, 4) is 0 Å². The Morgan fingerprint density at radius 1 is 1.21 bits per heavy atom. The van der Waals surface area contributed by atoms with Crippen LogP contribution in [0.5, 0.6) is 0 Å². The number of hydrogen-bond acceptors (Lipinski definition) is 3. The smallest absolute Gasteiger partial charge is 0.399 e. The van der Waals surface area contributed by atoms with Crippen LogP contribution < -0.4 is 5.46 Å². The van der Waals surface area contributed by atoms with Gasteiger partial charge in [0.1, 0.15) is 5.15 Å². The Bertz CT molecular complexity index is 498. The lowest BCUT2D eigenvalue weighted by Gasteiger charge is -2.32.